The average Bonchev–Trinajstić information content (AvgIpc) is 2.38. The van der Waals surface area contributed by atoms with E-state index in [0.717, 1.165) is 5.75 Å². The molecule has 0 spiro atoms. The zero-order chi connectivity index (χ0) is 13.4. The summed E-state index contributed by atoms with van der Waals surface area (Å²) in [5, 5.41) is 22.5. The Labute approximate surface area is 109 Å². The molecule has 0 aliphatic carbocycles. The van der Waals surface area contributed by atoms with E-state index in [-0.39, 0.29) is 11.3 Å². The van der Waals surface area contributed by atoms with Gasteiger partial charge in [0.2, 0.25) is 0 Å². The summed E-state index contributed by atoms with van der Waals surface area (Å²) in [5.41, 5.74) is 0.507. The molecule has 6 heteroatoms. The van der Waals surface area contributed by atoms with Crippen LogP contribution in [0.3, 0.4) is 0 Å². The first-order valence-electron chi connectivity index (χ1n) is 5.12. The number of hydrogen-bond donors (Lipinski definition) is 1. The number of nitrogens with one attached hydrogen (secondary N) is 1. The van der Waals surface area contributed by atoms with Crippen LogP contribution in [0.15, 0.2) is 18.2 Å². The second-order valence-electron chi connectivity index (χ2n) is 3.28. The second kappa shape index (κ2) is 7.21. The van der Waals surface area contributed by atoms with Crippen LogP contribution in [0.2, 0.25) is 0 Å². The number of nitro benzene ring substituents is 1. The van der Waals surface area contributed by atoms with Gasteiger partial charge >= 0.3 is 0 Å². The summed E-state index contributed by atoms with van der Waals surface area (Å²) in [5.74, 6) is 3.98. The van der Waals surface area contributed by atoms with Crippen molar-refractivity contribution in [1.82, 2.24) is 0 Å². The van der Waals surface area contributed by atoms with Gasteiger partial charge in [-0.2, -0.15) is 5.26 Å². The Balaban J connectivity index is 2.63. The van der Waals surface area contributed by atoms with Crippen molar-refractivity contribution >= 4 is 23.1 Å². The van der Waals surface area contributed by atoms with Crippen molar-refractivity contribution in [2.45, 2.75) is 0 Å². The van der Waals surface area contributed by atoms with Gasteiger partial charge in [0.25, 0.3) is 5.69 Å². The number of nitrogens with zero attached hydrogens (tertiary/aromatic N) is 2. The molecular weight excluding hydrogens is 250 g/mol. The van der Waals surface area contributed by atoms with Gasteiger partial charge in [-0.05, 0) is 12.1 Å². The van der Waals surface area contributed by atoms with E-state index in [1.807, 2.05) is 0 Å². The lowest BCUT2D eigenvalue weighted by Gasteiger charge is -2.05. The van der Waals surface area contributed by atoms with Gasteiger partial charge in [-0.1, -0.05) is 5.92 Å². The fraction of sp³-hybridized carbons (Fsp3) is 0.250. The van der Waals surface area contributed by atoms with Crippen LogP contribution in [0.25, 0.3) is 0 Å². The monoisotopic (exact) mass is 261 g/mol. The molecule has 0 unspecified atom stereocenters. The van der Waals surface area contributed by atoms with Crippen LogP contribution in [0.5, 0.6) is 0 Å². The first-order chi connectivity index (χ1) is 8.69. The van der Waals surface area contributed by atoms with Crippen molar-refractivity contribution in [2.75, 3.05) is 23.4 Å². The minimum absolute atomic E-state index is 0.0623. The highest BCUT2D eigenvalue weighted by atomic mass is 32.2. The van der Waals surface area contributed by atoms with E-state index in [2.05, 4.69) is 11.2 Å². The Kier molecular flexibility index (Phi) is 5.56. The maximum absolute atomic E-state index is 10.7. The van der Waals surface area contributed by atoms with E-state index in [1.165, 1.54) is 12.1 Å². The molecular formula is C12H11N3O2S. The molecule has 1 aromatic rings. The van der Waals surface area contributed by atoms with Gasteiger partial charge in [-0.15, -0.1) is 18.2 Å². The van der Waals surface area contributed by atoms with Crippen LogP contribution in [-0.4, -0.2) is 23.0 Å². The molecule has 1 N–H and O–H groups in total. The van der Waals surface area contributed by atoms with Crippen molar-refractivity contribution in [3.8, 4) is 18.4 Å². The maximum atomic E-state index is 10.7. The molecule has 0 saturated heterocycles. The molecule has 0 fully saturated rings. The van der Waals surface area contributed by atoms with Crippen molar-refractivity contribution in [2.24, 2.45) is 0 Å². The number of rotatable bonds is 6. The molecule has 0 amide bonds. The fourth-order valence-electron chi connectivity index (χ4n) is 1.29. The Morgan fingerprint density at radius 1 is 1.56 bits per heavy atom. The molecule has 0 bridgehead atoms. The van der Waals surface area contributed by atoms with E-state index in [1.54, 1.807) is 23.9 Å². The predicted octanol–water partition coefficient (Wildman–Crippen LogP) is 2.24. The van der Waals surface area contributed by atoms with Crippen molar-refractivity contribution in [1.29, 1.82) is 5.26 Å². The van der Waals surface area contributed by atoms with Crippen LogP contribution in [0.1, 0.15) is 5.56 Å². The van der Waals surface area contributed by atoms with Crippen molar-refractivity contribution in [3.05, 3.63) is 33.9 Å². The van der Waals surface area contributed by atoms with Crippen molar-refractivity contribution in [3.63, 3.8) is 0 Å². The lowest BCUT2D eigenvalue weighted by molar-refractivity contribution is -0.385. The zero-order valence-electron chi connectivity index (χ0n) is 9.55. The summed E-state index contributed by atoms with van der Waals surface area (Å²) in [7, 11) is 0. The van der Waals surface area contributed by atoms with Crippen LogP contribution >= 0.6 is 11.8 Å². The standard InChI is InChI=1S/C12H11N3O2S/c1-2-6-18-7-5-14-11-4-3-10(9-13)12(8-11)15(16)17/h1,3-4,8,14H,5-7H2. The highest BCUT2D eigenvalue weighted by molar-refractivity contribution is 7.99. The maximum Gasteiger partial charge on any atom is 0.289 e. The fourth-order valence-corrected chi connectivity index (χ4v) is 1.79. The lowest BCUT2D eigenvalue weighted by Crippen LogP contribution is -2.05. The molecule has 0 aliphatic heterocycles. The number of nitro groups is 1. The Morgan fingerprint density at radius 2 is 2.33 bits per heavy atom. The molecule has 1 aromatic carbocycles. The number of anilines is 1. The summed E-state index contributed by atoms with van der Waals surface area (Å²) >= 11 is 1.61. The van der Waals surface area contributed by atoms with E-state index in [0.29, 0.717) is 18.0 Å². The molecule has 92 valence electrons. The molecule has 1 rings (SSSR count). The molecule has 0 aliphatic rings. The molecule has 18 heavy (non-hydrogen) atoms. The zero-order valence-corrected chi connectivity index (χ0v) is 10.4. The Morgan fingerprint density at radius 3 is 2.94 bits per heavy atom. The van der Waals surface area contributed by atoms with Crippen LogP contribution in [0.4, 0.5) is 11.4 Å². The summed E-state index contributed by atoms with van der Waals surface area (Å²) in [6.45, 7) is 0.662. The van der Waals surface area contributed by atoms with Gasteiger partial charge < -0.3 is 5.32 Å². The van der Waals surface area contributed by atoms with Crippen LogP contribution < -0.4 is 5.32 Å². The van der Waals surface area contributed by atoms with Crippen LogP contribution in [-0.2, 0) is 0 Å². The third-order valence-corrected chi connectivity index (χ3v) is 2.94. The SMILES string of the molecule is C#CCSCCNc1ccc(C#N)c([N+](=O)[O-])c1. The molecule has 0 radical (unpaired) electrons. The van der Waals surface area contributed by atoms with Gasteiger partial charge in [-0.25, -0.2) is 0 Å². The number of benzene rings is 1. The number of terminal acetylenes is 1. The average molecular weight is 261 g/mol. The largest absolute Gasteiger partial charge is 0.384 e. The highest BCUT2D eigenvalue weighted by Crippen LogP contribution is 2.22. The highest BCUT2D eigenvalue weighted by Gasteiger charge is 2.13. The van der Waals surface area contributed by atoms with E-state index in [4.69, 9.17) is 11.7 Å². The molecule has 0 atom stereocenters. The van der Waals surface area contributed by atoms with Gasteiger partial charge in [0.05, 0.1) is 10.7 Å². The first-order valence-corrected chi connectivity index (χ1v) is 6.28. The van der Waals surface area contributed by atoms with Crippen LogP contribution in [0, 0.1) is 33.8 Å². The summed E-state index contributed by atoms with van der Waals surface area (Å²) in [4.78, 5) is 10.2. The topological polar surface area (TPSA) is 79.0 Å². The third-order valence-electron chi connectivity index (χ3n) is 2.08. The first kappa shape index (κ1) is 13.9. The summed E-state index contributed by atoms with van der Waals surface area (Å²) in [6.07, 6.45) is 5.11. The van der Waals surface area contributed by atoms with E-state index >= 15 is 0 Å². The normalized spacial score (nSPS) is 9.22. The molecule has 5 nitrogen and oxygen atoms in total. The molecule has 0 saturated carbocycles. The molecule has 0 heterocycles. The van der Waals surface area contributed by atoms with E-state index < -0.39 is 4.92 Å². The van der Waals surface area contributed by atoms with Gasteiger partial charge in [-0.3, -0.25) is 10.1 Å². The summed E-state index contributed by atoms with van der Waals surface area (Å²) < 4.78 is 0. The third kappa shape index (κ3) is 4.00. The quantitative estimate of drug-likeness (QED) is 0.368. The Bertz CT molecular complexity index is 517. The molecule has 0 aromatic heterocycles. The minimum atomic E-state index is -0.559. The van der Waals surface area contributed by atoms with Gasteiger partial charge in [0, 0.05) is 24.1 Å². The van der Waals surface area contributed by atoms with Gasteiger partial charge in [0.1, 0.15) is 11.6 Å². The Hall–Kier alpha value is -2.18. The summed E-state index contributed by atoms with van der Waals surface area (Å²) in [6, 6.07) is 6.25. The number of hydrogen-bond acceptors (Lipinski definition) is 5. The smallest absolute Gasteiger partial charge is 0.289 e. The lowest BCUT2D eigenvalue weighted by atomic mass is 10.2. The number of nitriles is 1. The second-order valence-corrected chi connectivity index (χ2v) is 4.39. The van der Waals surface area contributed by atoms with Gasteiger partial charge in [0.15, 0.2) is 0 Å². The predicted molar refractivity (Wildman–Crippen MR) is 72.5 cm³/mol. The minimum Gasteiger partial charge on any atom is -0.384 e. The van der Waals surface area contributed by atoms with E-state index in [9.17, 15) is 10.1 Å². The van der Waals surface area contributed by atoms with Crippen molar-refractivity contribution < 1.29 is 4.92 Å². The number of thioether (sulfide) groups is 1.